The summed E-state index contributed by atoms with van der Waals surface area (Å²) in [5, 5.41) is 6.68. The number of hydrogen-bond acceptors (Lipinski definition) is 2. The number of aromatic nitrogens is 1. The average molecular weight is 468 g/mol. The van der Waals surface area contributed by atoms with Gasteiger partial charge in [0.1, 0.15) is 7.14 Å². The normalized spacial score (nSPS) is 16.4. The molecule has 1 aliphatic heterocycles. The molecule has 0 N–H and O–H groups in total. The van der Waals surface area contributed by atoms with E-state index in [2.05, 4.69) is 83.8 Å². The largest absolute Gasteiger partial charge is 0.314 e. The average Bonchev–Trinajstić information content (AvgIpc) is 3.14. The van der Waals surface area contributed by atoms with Crippen LogP contribution in [0.3, 0.4) is 0 Å². The van der Waals surface area contributed by atoms with E-state index < -0.39 is 7.14 Å². The van der Waals surface area contributed by atoms with Crippen molar-refractivity contribution < 1.29 is 4.57 Å². The fourth-order valence-corrected chi connectivity index (χ4v) is 8.06. The molecule has 3 heteroatoms. The second-order valence-electron chi connectivity index (χ2n) is 9.26. The molecule has 5 aromatic carbocycles. The van der Waals surface area contributed by atoms with Crippen LogP contribution in [-0.4, -0.2) is 11.6 Å². The highest BCUT2D eigenvalue weighted by atomic mass is 31.2. The van der Waals surface area contributed by atoms with E-state index in [0.29, 0.717) is 0 Å². The predicted octanol–water partition coefficient (Wildman–Crippen LogP) is 7.65. The summed E-state index contributed by atoms with van der Waals surface area (Å²) in [4.78, 5) is 4.40. The molecule has 1 aliphatic rings. The van der Waals surface area contributed by atoms with Gasteiger partial charge in [0.2, 0.25) is 0 Å². The summed E-state index contributed by atoms with van der Waals surface area (Å²) in [7, 11) is -2.66. The van der Waals surface area contributed by atoms with Gasteiger partial charge in [0.15, 0.2) is 0 Å². The van der Waals surface area contributed by atoms with Gasteiger partial charge < -0.3 is 4.57 Å². The van der Waals surface area contributed by atoms with E-state index in [1.807, 2.05) is 43.3 Å². The second-order valence-corrected chi connectivity index (χ2v) is 12.1. The van der Waals surface area contributed by atoms with Crippen LogP contribution in [-0.2, 0) is 4.57 Å². The van der Waals surface area contributed by atoms with Crippen LogP contribution in [0.25, 0.3) is 54.9 Å². The molecule has 6 aromatic rings. The van der Waals surface area contributed by atoms with Gasteiger partial charge in [-0.05, 0) is 68.2 Å². The molecular formula is C32H22NOP. The van der Waals surface area contributed by atoms with Crippen molar-refractivity contribution in [3.05, 3.63) is 116 Å². The Balaban J connectivity index is 1.58. The van der Waals surface area contributed by atoms with E-state index in [9.17, 15) is 4.57 Å². The molecular weight excluding hydrogens is 445 g/mol. The third-order valence-electron chi connectivity index (χ3n) is 7.28. The maximum absolute atomic E-state index is 14.0. The van der Waals surface area contributed by atoms with Gasteiger partial charge in [0.05, 0.1) is 0 Å². The van der Waals surface area contributed by atoms with E-state index in [4.69, 9.17) is 0 Å². The van der Waals surface area contributed by atoms with Crippen molar-refractivity contribution in [2.45, 2.75) is 0 Å². The van der Waals surface area contributed by atoms with Gasteiger partial charge in [0, 0.05) is 28.6 Å². The highest BCUT2D eigenvalue weighted by Gasteiger charge is 2.34. The molecule has 0 aliphatic carbocycles. The first-order chi connectivity index (χ1) is 17.1. The van der Waals surface area contributed by atoms with E-state index in [1.54, 1.807) is 0 Å². The summed E-state index contributed by atoms with van der Waals surface area (Å²) in [6.07, 6.45) is 3.75. The van der Waals surface area contributed by atoms with Crippen molar-refractivity contribution in [2.24, 2.45) is 0 Å². The number of nitrogens with zero attached hydrogens (tertiary/aromatic N) is 1. The molecule has 0 amide bonds. The number of rotatable bonds is 2. The van der Waals surface area contributed by atoms with Crippen molar-refractivity contribution in [2.75, 3.05) is 6.66 Å². The van der Waals surface area contributed by atoms with E-state index in [0.717, 1.165) is 32.9 Å². The van der Waals surface area contributed by atoms with Crippen LogP contribution in [0.4, 0.5) is 0 Å². The minimum atomic E-state index is -2.66. The lowest BCUT2D eigenvalue weighted by atomic mass is 9.86. The van der Waals surface area contributed by atoms with Gasteiger partial charge in [0.25, 0.3) is 0 Å². The molecule has 0 fully saturated rings. The van der Waals surface area contributed by atoms with Crippen LogP contribution in [0.5, 0.6) is 0 Å². The standard InChI is InChI=1S/C32H22NOP/c1-35(34)29-15-7-6-10-23(29)24-17-16-21(19-30(24)35)31-25-11-2-4-13-27(25)32(22-9-8-18-33-20-22)28-14-5-3-12-26(28)31/h2-20H,1H3. The molecule has 2 nitrogen and oxygen atoms in total. The van der Waals surface area contributed by atoms with Gasteiger partial charge in [-0.3, -0.25) is 4.98 Å². The fraction of sp³-hybridized carbons (Fsp3) is 0.0312. The molecule has 0 saturated carbocycles. The number of hydrogen-bond donors (Lipinski definition) is 0. The molecule has 0 spiro atoms. The lowest BCUT2D eigenvalue weighted by molar-refractivity contribution is 0.591. The first-order valence-corrected chi connectivity index (χ1v) is 14.0. The predicted molar refractivity (Wildman–Crippen MR) is 148 cm³/mol. The number of benzene rings is 5. The van der Waals surface area contributed by atoms with E-state index in [1.165, 1.54) is 32.7 Å². The minimum absolute atomic E-state index is 0.959. The SMILES string of the molecule is CP1(=O)c2ccccc2-c2ccc(-c3c4ccccc4c(-c4cccnc4)c4ccccc34)cc21. The summed E-state index contributed by atoms with van der Waals surface area (Å²) >= 11 is 0. The van der Waals surface area contributed by atoms with Crippen molar-refractivity contribution in [1.29, 1.82) is 0 Å². The third-order valence-corrected chi connectivity index (χ3v) is 9.88. The van der Waals surface area contributed by atoms with Crippen LogP contribution in [0.15, 0.2) is 116 Å². The zero-order chi connectivity index (χ0) is 23.6. The zero-order valence-electron chi connectivity index (χ0n) is 19.3. The van der Waals surface area contributed by atoms with E-state index >= 15 is 0 Å². The Morgan fingerprint density at radius 2 is 1.14 bits per heavy atom. The lowest BCUT2D eigenvalue weighted by Crippen LogP contribution is -2.08. The maximum atomic E-state index is 14.0. The third kappa shape index (κ3) is 2.90. The first kappa shape index (κ1) is 20.4. The first-order valence-electron chi connectivity index (χ1n) is 11.8. The summed E-state index contributed by atoms with van der Waals surface area (Å²) in [6, 6.07) is 35.9. The van der Waals surface area contributed by atoms with Gasteiger partial charge in [-0.25, -0.2) is 0 Å². The number of pyridine rings is 1. The molecule has 2 heterocycles. The van der Waals surface area contributed by atoms with Crippen molar-refractivity contribution >= 4 is 39.3 Å². The fourth-order valence-electron chi connectivity index (χ4n) is 5.73. The number of fused-ring (bicyclic) bond motifs is 5. The highest BCUT2D eigenvalue weighted by molar-refractivity contribution is 7.79. The minimum Gasteiger partial charge on any atom is -0.314 e. The van der Waals surface area contributed by atoms with Crippen molar-refractivity contribution in [3.8, 4) is 33.4 Å². The van der Waals surface area contributed by atoms with E-state index in [-0.39, 0.29) is 0 Å². The van der Waals surface area contributed by atoms with Crippen molar-refractivity contribution in [1.82, 2.24) is 4.98 Å². The molecule has 7 rings (SSSR count). The monoisotopic (exact) mass is 467 g/mol. The quantitative estimate of drug-likeness (QED) is 0.193. The smallest absolute Gasteiger partial charge is 0.141 e. The van der Waals surface area contributed by atoms with Gasteiger partial charge in [-0.2, -0.15) is 0 Å². The summed E-state index contributed by atoms with van der Waals surface area (Å²) in [6.45, 7) is 1.91. The van der Waals surface area contributed by atoms with Crippen molar-refractivity contribution in [3.63, 3.8) is 0 Å². The Hall–Kier alpha value is -4.00. The molecule has 166 valence electrons. The molecule has 1 atom stereocenters. The molecule has 1 unspecified atom stereocenters. The van der Waals surface area contributed by atoms with Gasteiger partial charge in [-0.1, -0.05) is 91.0 Å². The Bertz CT molecular complexity index is 1780. The van der Waals surface area contributed by atoms with Crippen LogP contribution >= 0.6 is 7.14 Å². The van der Waals surface area contributed by atoms with Crippen LogP contribution in [0.2, 0.25) is 0 Å². The molecule has 0 bridgehead atoms. The Labute approximate surface area is 204 Å². The van der Waals surface area contributed by atoms with Crippen LogP contribution in [0, 0.1) is 0 Å². The van der Waals surface area contributed by atoms with Gasteiger partial charge >= 0.3 is 0 Å². The molecule has 0 saturated heterocycles. The summed E-state index contributed by atoms with van der Waals surface area (Å²) in [5.41, 5.74) is 6.78. The topological polar surface area (TPSA) is 30.0 Å². The highest BCUT2D eigenvalue weighted by Crippen LogP contribution is 2.51. The Kier molecular flexibility index (Phi) is 4.37. The zero-order valence-corrected chi connectivity index (χ0v) is 20.2. The second kappa shape index (κ2) is 7.50. The maximum Gasteiger partial charge on any atom is 0.141 e. The Morgan fingerprint density at radius 3 is 1.77 bits per heavy atom. The van der Waals surface area contributed by atoms with Crippen LogP contribution in [0.1, 0.15) is 0 Å². The van der Waals surface area contributed by atoms with Gasteiger partial charge in [-0.15, -0.1) is 0 Å². The molecule has 35 heavy (non-hydrogen) atoms. The Morgan fingerprint density at radius 1 is 0.571 bits per heavy atom. The molecule has 1 aromatic heterocycles. The lowest BCUT2D eigenvalue weighted by Gasteiger charge is -2.18. The summed E-state index contributed by atoms with van der Waals surface area (Å²) in [5.74, 6) is 0. The molecule has 0 radical (unpaired) electrons. The summed E-state index contributed by atoms with van der Waals surface area (Å²) < 4.78 is 14.0. The van der Waals surface area contributed by atoms with Crippen LogP contribution < -0.4 is 10.6 Å².